The Morgan fingerprint density at radius 2 is 2.04 bits per heavy atom. The minimum atomic E-state index is -4.21. The van der Waals surface area contributed by atoms with Crippen LogP contribution >= 0.6 is 12.2 Å². The molecule has 1 aromatic heterocycles. The highest BCUT2D eigenvalue weighted by Gasteiger charge is 2.42. The van der Waals surface area contributed by atoms with Crippen molar-refractivity contribution in [3.05, 3.63) is 34.6 Å². The summed E-state index contributed by atoms with van der Waals surface area (Å²) in [6, 6.07) is 7.14. The predicted molar refractivity (Wildman–Crippen MR) is 97.5 cm³/mol. The second kappa shape index (κ2) is 7.84. The summed E-state index contributed by atoms with van der Waals surface area (Å²) in [5.41, 5.74) is 1.89. The van der Waals surface area contributed by atoms with Crippen LogP contribution < -0.4 is 5.32 Å². The van der Waals surface area contributed by atoms with Crippen LogP contribution in [0.25, 0.3) is 11.4 Å². The van der Waals surface area contributed by atoms with Gasteiger partial charge in [-0.3, -0.25) is 14.5 Å². The number of aromatic nitrogens is 3. The molecule has 1 amide bonds. The van der Waals surface area contributed by atoms with Crippen LogP contribution in [0.2, 0.25) is 0 Å². The molecule has 0 aliphatic heterocycles. The van der Waals surface area contributed by atoms with Crippen molar-refractivity contribution in [2.75, 3.05) is 0 Å². The zero-order valence-electron chi connectivity index (χ0n) is 14.8. The number of nitrogens with one attached hydrogen (secondary N) is 2. The highest BCUT2D eigenvalue weighted by molar-refractivity contribution is 7.71. The van der Waals surface area contributed by atoms with E-state index in [1.54, 1.807) is 4.57 Å². The van der Waals surface area contributed by atoms with Crippen LogP contribution in [0.4, 0.5) is 13.2 Å². The first-order valence-electron chi connectivity index (χ1n) is 8.82. The molecular formula is C18H21F3N4OS. The molecule has 1 fully saturated rings. The zero-order chi connectivity index (χ0) is 19.6. The molecule has 2 aromatic rings. The zero-order valence-corrected chi connectivity index (χ0v) is 15.7. The van der Waals surface area contributed by atoms with Gasteiger partial charge in [0.2, 0.25) is 5.91 Å². The molecule has 3 rings (SSSR count). The van der Waals surface area contributed by atoms with Crippen LogP contribution in [0, 0.1) is 17.6 Å². The largest absolute Gasteiger partial charge is 0.391 e. The van der Waals surface area contributed by atoms with Gasteiger partial charge < -0.3 is 5.32 Å². The Balaban J connectivity index is 1.69. The Hall–Kier alpha value is -2.16. The smallest absolute Gasteiger partial charge is 0.352 e. The van der Waals surface area contributed by atoms with Crippen LogP contribution in [-0.4, -0.2) is 32.9 Å². The normalized spacial score (nSPS) is 20.4. The number of amides is 1. The second-order valence-corrected chi connectivity index (χ2v) is 7.36. The summed E-state index contributed by atoms with van der Waals surface area (Å²) >= 11 is 5.21. The van der Waals surface area contributed by atoms with Crippen molar-refractivity contribution in [2.24, 2.45) is 5.92 Å². The maximum Gasteiger partial charge on any atom is 0.391 e. The third-order valence-electron chi connectivity index (χ3n) is 4.87. The molecule has 1 aliphatic rings. The molecule has 2 atom stereocenters. The molecule has 0 bridgehead atoms. The quantitative estimate of drug-likeness (QED) is 0.761. The molecule has 146 valence electrons. The van der Waals surface area contributed by atoms with Crippen molar-refractivity contribution in [1.29, 1.82) is 0 Å². The Bertz CT molecular complexity index is 857. The van der Waals surface area contributed by atoms with Gasteiger partial charge in [0.15, 0.2) is 10.6 Å². The van der Waals surface area contributed by atoms with Gasteiger partial charge in [-0.15, -0.1) is 0 Å². The molecule has 1 heterocycles. The van der Waals surface area contributed by atoms with E-state index < -0.39 is 18.1 Å². The molecule has 0 saturated heterocycles. The van der Waals surface area contributed by atoms with E-state index in [4.69, 9.17) is 12.2 Å². The maximum absolute atomic E-state index is 12.9. The summed E-state index contributed by atoms with van der Waals surface area (Å²) < 4.78 is 40.7. The monoisotopic (exact) mass is 398 g/mol. The van der Waals surface area contributed by atoms with Crippen molar-refractivity contribution in [2.45, 2.75) is 51.4 Å². The van der Waals surface area contributed by atoms with Crippen LogP contribution in [0.15, 0.2) is 24.3 Å². The number of hydrogen-bond acceptors (Lipinski definition) is 3. The first kappa shape index (κ1) is 19.6. The van der Waals surface area contributed by atoms with E-state index in [1.807, 2.05) is 31.2 Å². The Morgan fingerprint density at radius 3 is 2.70 bits per heavy atom. The molecule has 27 heavy (non-hydrogen) atoms. The van der Waals surface area contributed by atoms with Crippen molar-refractivity contribution in [3.8, 4) is 11.4 Å². The number of benzene rings is 1. The van der Waals surface area contributed by atoms with Crippen LogP contribution in [-0.2, 0) is 11.3 Å². The van der Waals surface area contributed by atoms with Gasteiger partial charge in [0, 0.05) is 11.6 Å². The molecule has 1 aromatic carbocycles. The fraction of sp³-hybridized carbons (Fsp3) is 0.500. The lowest BCUT2D eigenvalue weighted by atomic mass is 9.85. The Labute approximate surface area is 160 Å². The van der Waals surface area contributed by atoms with Gasteiger partial charge in [-0.1, -0.05) is 36.2 Å². The van der Waals surface area contributed by atoms with Gasteiger partial charge in [0.1, 0.15) is 6.54 Å². The van der Waals surface area contributed by atoms with E-state index in [0.29, 0.717) is 18.7 Å². The first-order chi connectivity index (χ1) is 12.7. The summed E-state index contributed by atoms with van der Waals surface area (Å²) in [6.45, 7) is 1.87. The number of aryl methyl sites for hydroxylation is 1. The number of carbonyl (C=O) groups is 1. The lowest BCUT2D eigenvalue weighted by molar-refractivity contribution is -0.184. The van der Waals surface area contributed by atoms with Gasteiger partial charge in [0.05, 0.1) is 5.92 Å². The van der Waals surface area contributed by atoms with Gasteiger partial charge in [-0.05, 0) is 38.4 Å². The van der Waals surface area contributed by atoms with E-state index in [2.05, 4.69) is 15.5 Å². The van der Waals surface area contributed by atoms with Crippen LogP contribution in [0.1, 0.15) is 31.2 Å². The summed E-state index contributed by atoms with van der Waals surface area (Å²) in [6.07, 6.45) is -3.15. The van der Waals surface area contributed by atoms with Crippen molar-refractivity contribution in [1.82, 2.24) is 20.1 Å². The van der Waals surface area contributed by atoms with E-state index >= 15 is 0 Å². The van der Waals surface area contributed by atoms with E-state index in [-0.39, 0.29) is 30.1 Å². The molecule has 2 unspecified atom stereocenters. The van der Waals surface area contributed by atoms with Gasteiger partial charge in [0.25, 0.3) is 0 Å². The van der Waals surface area contributed by atoms with Crippen LogP contribution in [0.5, 0.6) is 0 Å². The van der Waals surface area contributed by atoms with Crippen molar-refractivity contribution >= 4 is 18.1 Å². The number of rotatable bonds is 4. The fourth-order valence-corrected chi connectivity index (χ4v) is 3.62. The summed E-state index contributed by atoms with van der Waals surface area (Å²) in [5.74, 6) is -1.20. The summed E-state index contributed by atoms with van der Waals surface area (Å²) in [5, 5.41) is 9.58. The number of nitrogens with zero attached hydrogens (tertiary/aromatic N) is 2. The van der Waals surface area contributed by atoms with E-state index in [1.165, 1.54) is 0 Å². The number of hydrogen-bond donors (Lipinski definition) is 2. The fourth-order valence-electron chi connectivity index (χ4n) is 3.42. The SMILES string of the molecule is Cc1ccc(-c2n[nH]c(=S)n2CC(=O)NC2CCCC(C(F)(F)F)C2)cc1. The molecule has 2 N–H and O–H groups in total. The highest BCUT2D eigenvalue weighted by atomic mass is 32.1. The highest BCUT2D eigenvalue weighted by Crippen LogP contribution is 2.37. The number of alkyl halides is 3. The minimum Gasteiger partial charge on any atom is -0.352 e. The molecule has 5 nitrogen and oxygen atoms in total. The summed E-state index contributed by atoms with van der Waals surface area (Å²) in [7, 11) is 0. The number of aromatic amines is 1. The van der Waals surface area contributed by atoms with E-state index in [0.717, 1.165) is 11.1 Å². The third kappa shape index (κ3) is 4.77. The van der Waals surface area contributed by atoms with Crippen molar-refractivity contribution < 1.29 is 18.0 Å². The van der Waals surface area contributed by atoms with E-state index in [9.17, 15) is 18.0 Å². The Morgan fingerprint density at radius 1 is 1.33 bits per heavy atom. The topological polar surface area (TPSA) is 62.7 Å². The predicted octanol–water partition coefficient (Wildman–Crippen LogP) is 4.15. The number of halogens is 3. The van der Waals surface area contributed by atoms with Gasteiger partial charge in [-0.25, -0.2) is 0 Å². The lowest BCUT2D eigenvalue weighted by Crippen LogP contribution is -2.42. The number of H-pyrrole nitrogens is 1. The molecule has 0 radical (unpaired) electrons. The molecule has 1 aliphatic carbocycles. The third-order valence-corrected chi connectivity index (χ3v) is 5.18. The standard InChI is InChI=1S/C18H21F3N4OS/c1-11-5-7-12(8-6-11)16-23-24-17(27)25(16)10-15(26)22-14-4-2-3-13(9-14)18(19,20)21/h5-8,13-14H,2-4,9-10H2,1H3,(H,22,26)(H,24,27). The first-order valence-corrected chi connectivity index (χ1v) is 9.23. The summed E-state index contributed by atoms with van der Waals surface area (Å²) in [4.78, 5) is 12.4. The second-order valence-electron chi connectivity index (χ2n) is 6.97. The lowest BCUT2D eigenvalue weighted by Gasteiger charge is -2.31. The molecule has 0 spiro atoms. The van der Waals surface area contributed by atoms with Crippen LogP contribution in [0.3, 0.4) is 0 Å². The number of carbonyl (C=O) groups excluding carboxylic acids is 1. The average Bonchev–Trinajstić information content (AvgIpc) is 2.96. The molecule has 1 saturated carbocycles. The maximum atomic E-state index is 12.9. The average molecular weight is 398 g/mol. The van der Waals surface area contributed by atoms with Crippen molar-refractivity contribution in [3.63, 3.8) is 0 Å². The minimum absolute atomic E-state index is 0.0726. The molecular weight excluding hydrogens is 377 g/mol. The van der Waals surface area contributed by atoms with Gasteiger partial charge >= 0.3 is 6.18 Å². The molecule has 9 heteroatoms. The van der Waals surface area contributed by atoms with Gasteiger partial charge in [-0.2, -0.15) is 18.3 Å². The Kier molecular flexibility index (Phi) is 5.69.